The SMILES string of the molecule is CCCCOC(=O)/C=C/c1ccc2ccccc2c1P(=O)(c1ccccn1)c1cccc2ccccc12. The van der Waals surface area contributed by atoms with Crippen LogP contribution >= 0.6 is 7.14 Å². The van der Waals surface area contributed by atoms with Crippen LogP contribution in [0, 0.1) is 0 Å². The van der Waals surface area contributed by atoms with Crippen LogP contribution in [0.3, 0.4) is 0 Å². The van der Waals surface area contributed by atoms with Gasteiger partial charge < -0.3 is 9.30 Å². The third kappa shape index (κ3) is 4.85. The van der Waals surface area contributed by atoms with Crippen LogP contribution in [0.4, 0.5) is 0 Å². The van der Waals surface area contributed by atoms with Gasteiger partial charge in [-0.3, -0.25) is 4.98 Å². The molecule has 1 unspecified atom stereocenters. The number of hydrogen-bond donors (Lipinski definition) is 0. The maximum absolute atomic E-state index is 15.7. The second-order valence-corrected chi connectivity index (χ2v) is 11.5. The molecule has 37 heavy (non-hydrogen) atoms. The molecule has 0 amide bonds. The van der Waals surface area contributed by atoms with Crippen LogP contribution in [-0.2, 0) is 14.1 Å². The molecule has 1 aromatic heterocycles. The predicted octanol–water partition coefficient (Wildman–Crippen LogP) is 6.38. The molecule has 0 aliphatic carbocycles. The van der Waals surface area contributed by atoms with E-state index in [4.69, 9.17) is 4.74 Å². The van der Waals surface area contributed by atoms with Crippen molar-refractivity contribution in [1.29, 1.82) is 0 Å². The summed E-state index contributed by atoms with van der Waals surface area (Å²) in [6.07, 6.45) is 6.59. The van der Waals surface area contributed by atoms with Crippen molar-refractivity contribution in [1.82, 2.24) is 4.98 Å². The van der Waals surface area contributed by atoms with Crippen LogP contribution in [0.15, 0.2) is 109 Å². The fourth-order valence-corrected chi connectivity index (χ4v) is 7.80. The van der Waals surface area contributed by atoms with Crippen LogP contribution in [0.2, 0.25) is 0 Å². The molecular formula is C32H28NO3P. The molecule has 1 heterocycles. The molecule has 4 aromatic carbocycles. The molecule has 0 bridgehead atoms. The summed E-state index contributed by atoms with van der Waals surface area (Å²) >= 11 is 0. The van der Waals surface area contributed by atoms with E-state index in [1.165, 1.54) is 6.08 Å². The van der Waals surface area contributed by atoms with Crippen molar-refractivity contribution in [3.8, 4) is 0 Å². The van der Waals surface area contributed by atoms with Gasteiger partial charge in [0.15, 0.2) is 7.14 Å². The molecule has 0 saturated heterocycles. The Balaban J connectivity index is 1.80. The van der Waals surface area contributed by atoms with Crippen LogP contribution in [-0.4, -0.2) is 17.6 Å². The summed E-state index contributed by atoms with van der Waals surface area (Å²) in [5.74, 6) is -0.412. The average Bonchev–Trinajstić information content (AvgIpc) is 2.95. The maximum Gasteiger partial charge on any atom is 0.330 e. The van der Waals surface area contributed by atoms with E-state index >= 15 is 4.57 Å². The van der Waals surface area contributed by atoms with Gasteiger partial charge in [0, 0.05) is 22.9 Å². The quantitative estimate of drug-likeness (QED) is 0.106. The molecule has 0 radical (unpaired) electrons. The zero-order valence-corrected chi connectivity index (χ0v) is 21.6. The summed E-state index contributed by atoms with van der Waals surface area (Å²) < 4.78 is 21.0. The first-order valence-corrected chi connectivity index (χ1v) is 14.2. The van der Waals surface area contributed by atoms with E-state index in [9.17, 15) is 4.79 Å². The summed E-state index contributed by atoms with van der Waals surface area (Å²) in [6, 6.07) is 31.2. The summed E-state index contributed by atoms with van der Waals surface area (Å²) in [6.45, 7) is 2.43. The molecule has 5 heteroatoms. The van der Waals surface area contributed by atoms with Gasteiger partial charge in [-0.15, -0.1) is 0 Å². The number of aromatic nitrogens is 1. The van der Waals surface area contributed by atoms with Gasteiger partial charge in [0.25, 0.3) is 0 Å². The predicted molar refractivity (Wildman–Crippen MR) is 154 cm³/mol. The van der Waals surface area contributed by atoms with Crippen LogP contribution < -0.4 is 16.0 Å². The number of unbranched alkanes of at least 4 members (excludes halogenated alkanes) is 1. The summed E-state index contributed by atoms with van der Waals surface area (Å²) in [5.41, 5.74) is 1.20. The lowest BCUT2D eigenvalue weighted by Gasteiger charge is -2.24. The van der Waals surface area contributed by atoms with Crippen LogP contribution in [0.25, 0.3) is 27.6 Å². The third-order valence-electron chi connectivity index (χ3n) is 6.47. The van der Waals surface area contributed by atoms with E-state index in [-0.39, 0.29) is 0 Å². The first kappa shape index (κ1) is 24.7. The zero-order chi connectivity index (χ0) is 25.7. The fourth-order valence-electron chi connectivity index (χ4n) is 4.66. The first-order valence-electron chi connectivity index (χ1n) is 12.5. The maximum atomic E-state index is 15.7. The molecule has 0 saturated carbocycles. The number of rotatable bonds is 8. The van der Waals surface area contributed by atoms with Gasteiger partial charge in [-0.2, -0.15) is 0 Å². The Morgan fingerprint density at radius 2 is 1.54 bits per heavy atom. The van der Waals surface area contributed by atoms with Crippen molar-refractivity contribution < 1.29 is 14.1 Å². The van der Waals surface area contributed by atoms with E-state index in [1.54, 1.807) is 12.3 Å². The topological polar surface area (TPSA) is 56.3 Å². The van der Waals surface area contributed by atoms with Gasteiger partial charge in [-0.1, -0.05) is 98.3 Å². The molecule has 4 nitrogen and oxygen atoms in total. The van der Waals surface area contributed by atoms with Crippen molar-refractivity contribution in [2.75, 3.05) is 6.61 Å². The molecular weight excluding hydrogens is 477 g/mol. The number of nitrogens with zero attached hydrogens (tertiary/aromatic N) is 1. The molecule has 5 rings (SSSR count). The lowest BCUT2D eigenvalue weighted by atomic mass is 10.1. The molecule has 0 aliphatic heterocycles. The van der Waals surface area contributed by atoms with Crippen molar-refractivity contribution >= 4 is 56.8 Å². The number of benzene rings is 4. The molecule has 5 aromatic rings. The summed E-state index contributed by atoms with van der Waals surface area (Å²) in [7, 11) is -3.51. The number of fused-ring (bicyclic) bond motifs is 2. The monoisotopic (exact) mass is 505 g/mol. The Bertz CT molecular complexity index is 1640. The molecule has 0 spiro atoms. The lowest BCUT2D eigenvalue weighted by Crippen LogP contribution is -2.29. The number of carbonyl (C=O) groups is 1. The van der Waals surface area contributed by atoms with Gasteiger partial charge in [0.05, 0.1) is 6.61 Å². The largest absolute Gasteiger partial charge is 0.463 e. The fraction of sp³-hybridized carbons (Fsp3) is 0.125. The van der Waals surface area contributed by atoms with Crippen molar-refractivity contribution in [2.24, 2.45) is 0 Å². The van der Waals surface area contributed by atoms with Crippen molar-refractivity contribution in [3.63, 3.8) is 0 Å². The molecule has 0 fully saturated rings. The molecule has 1 atom stereocenters. The van der Waals surface area contributed by atoms with E-state index in [2.05, 4.69) is 4.98 Å². The van der Waals surface area contributed by atoms with Crippen LogP contribution in [0.1, 0.15) is 25.3 Å². The third-order valence-corrected chi connectivity index (χ3v) is 9.57. The van der Waals surface area contributed by atoms with Gasteiger partial charge in [-0.25, -0.2) is 4.79 Å². The number of esters is 1. The highest BCUT2D eigenvalue weighted by Gasteiger charge is 2.35. The van der Waals surface area contributed by atoms with Gasteiger partial charge in [0.1, 0.15) is 5.44 Å². The minimum absolute atomic E-state index is 0.382. The van der Waals surface area contributed by atoms with Crippen LogP contribution in [0.5, 0.6) is 0 Å². The zero-order valence-electron chi connectivity index (χ0n) is 20.7. The van der Waals surface area contributed by atoms with E-state index in [0.29, 0.717) is 22.9 Å². The highest BCUT2D eigenvalue weighted by atomic mass is 31.2. The number of carbonyl (C=O) groups excluding carboxylic acids is 1. The summed E-state index contributed by atoms with van der Waals surface area (Å²) in [4.78, 5) is 17.1. The Labute approximate surface area is 217 Å². The van der Waals surface area contributed by atoms with E-state index < -0.39 is 13.1 Å². The Hall–Kier alpha value is -4.01. The Kier molecular flexibility index (Phi) is 7.30. The van der Waals surface area contributed by atoms with Gasteiger partial charge in [0.2, 0.25) is 0 Å². The second-order valence-electron chi connectivity index (χ2n) is 8.87. The normalized spacial score (nSPS) is 13.1. The summed E-state index contributed by atoms with van der Waals surface area (Å²) in [5, 5.41) is 5.15. The van der Waals surface area contributed by atoms with Gasteiger partial charge in [-0.05, 0) is 51.7 Å². The average molecular weight is 506 g/mol. The minimum Gasteiger partial charge on any atom is -0.463 e. The van der Waals surface area contributed by atoms with E-state index in [0.717, 1.165) is 39.7 Å². The van der Waals surface area contributed by atoms with Crippen molar-refractivity contribution in [2.45, 2.75) is 19.8 Å². The van der Waals surface area contributed by atoms with E-state index in [1.807, 2.05) is 104 Å². The highest BCUT2D eigenvalue weighted by Crippen LogP contribution is 2.46. The van der Waals surface area contributed by atoms with Crippen molar-refractivity contribution in [3.05, 3.63) is 115 Å². The smallest absolute Gasteiger partial charge is 0.330 e. The highest BCUT2D eigenvalue weighted by molar-refractivity contribution is 7.86. The standard InChI is InChI=1S/C32H28NO3P/c1-2-3-23-36-31(34)21-20-26-19-18-25-12-5-7-15-28(25)32(26)37(35,30-17-8-9-22-33-30)29-16-10-13-24-11-4-6-14-27(24)29/h4-22H,2-3,23H2,1H3/b21-20+. The second kappa shape index (κ2) is 10.9. The molecule has 184 valence electrons. The lowest BCUT2D eigenvalue weighted by molar-refractivity contribution is -0.137. The Morgan fingerprint density at radius 3 is 2.30 bits per heavy atom. The number of ether oxygens (including phenoxy) is 1. The van der Waals surface area contributed by atoms with Gasteiger partial charge >= 0.3 is 5.97 Å². The number of pyridine rings is 1. The molecule has 0 aliphatic rings. The number of hydrogen-bond acceptors (Lipinski definition) is 4. The Morgan fingerprint density at radius 1 is 0.838 bits per heavy atom. The first-order chi connectivity index (χ1) is 18.1. The minimum atomic E-state index is -3.51. The molecule has 0 N–H and O–H groups in total.